The zero-order valence-electron chi connectivity index (χ0n) is 16.7. The number of fused-ring (bicyclic) bond motifs is 3. The van der Waals surface area contributed by atoms with Crippen LogP contribution in [0.5, 0.6) is 0 Å². The van der Waals surface area contributed by atoms with Gasteiger partial charge >= 0.3 is 11.9 Å². The van der Waals surface area contributed by atoms with Crippen molar-refractivity contribution < 1.29 is 19.4 Å². The lowest BCUT2D eigenvalue weighted by Gasteiger charge is -2.21. The van der Waals surface area contributed by atoms with Crippen LogP contribution in [0.3, 0.4) is 0 Å². The van der Waals surface area contributed by atoms with Gasteiger partial charge in [-0.05, 0) is 46.4 Å². The molecule has 0 aliphatic heterocycles. The minimum absolute atomic E-state index is 0.0561. The van der Waals surface area contributed by atoms with E-state index in [1.165, 1.54) is 0 Å². The summed E-state index contributed by atoms with van der Waals surface area (Å²) in [5.74, 6) is -3.74. The minimum atomic E-state index is -1.47. The summed E-state index contributed by atoms with van der Waals surface area (Å²) in [6, 6.07) is 22.0. The molecule has 0 spiro atoms. The molecule has 0 saturated carbocycles. The summed E-state index contributed by atoms with van der Waals surface area (Å²) in [6.07, 6.45) is 0.196. The van der Waals surface area contributed by atoms with E-state index in [2.05, 4.69) is 0 Å². The van der Waals surface area contributed by atoms with E-state index in [0.717, 1.165) is 27.8 Å². The van der Waals surface area contributed by atoms with Crippen LogP contribution < -0.4 is 5.73 Å². The van der Waals surface area contributed by atoms with E-state index in [-0.39, 0.29) is 18.9 Å². The van der Waals surface area contributed by atoms with Crippen molar-refractivity contribution in [1.82, 2.24) is 0 Å². The summed E-state index contributed by atoms with van der Waals surface area (Å²) >= 11 is 5.99. The molecular weight excluding hydrogens is 414 g/mol. The average Bonchev–Trinajstić information content (AvgIpc) is 3.06. The van der Waals surface area contributed by atoms with Gasteiger partial charge in [0.1, 0.15) is 6.61 Å². The third-order valence-corrected chi connectivity index (χ3v) is 5.90. The third-order valence-electron chi connectivity index (χ3n) is 5.66. The number of rotatable bonds is 7. The first-order valence-corrected chi connectivity index (χ1v) is 10.4. The van der Waals surface area contributed by atoms with Gasteiger partial charge in [-0.25, -0.2) is 0 Å². The number of nitrogens with two attached hydrogens (primary N) is 1. The van der Waals surface area contributed by atoms with Crippen LogP contribution in [-0.4, -0.2) is 29.7 Å². The first kappa shape index (κ1) is 21.1. The van der Waals surface area contributed by atoms with Crippen LogP contribution in [-0.2, 0) is 20.7 Å². The molecule has 31 heavy (non-hydrogen) atoms. The Bertz CT molecular complexity index is 1080. The van der Waals surface area contributed by atoms with Gasteiger partial charge in [-0.15, -0.1) is 0 Å². The van der Waals surface area contributed by atoms with E-state index >= 15 is 0 Å². The molecule has 3 N–H and O–H groups in total. The fraction of sp³-hybridized carbons (Fsp3) is 0.200. The summed E-state index contributed by atoms with van der Waals surface area (Å²) in [7, 11) is 0. The third kappa shape index (κ3) is 4.33. The lowest BCUT2D eigenvalue weighted by Crippen LogP contribution is -2.43. The summed E-state index contributed by atoms with van der Waals surface area (Å²) in [5, 5.41) is 10.2. The molecule has 2 atom stereocenters. The molecule has 4 rings (SSSR count). The maximum absolute atomic E-state index is 12.8. The van der Waals surface area contributed by atoms with Crippen LogP contribution in [0.25, 0.3) is 11.1 Å². The van der Waals surface area contributed by atoms with Gasteiger partial charge in [-0.3, -0.25) is 9.59 Å². The van der Waals surface area contributed by atoms with E-state index in [4.69, 9.17) is 22.1 Å². The van der Waals surface area contributed by atoms with Crippen molar-refractivity contribution in [3.8, 4) is 11.1 Å². The normalized spacial score (nSPS) is 14.4. The van der Waals surface area contributed by atoms with Crippen molar-refractivity contribution in [3.63, 3.8) is 0 Å². The zero-order valence-corrected chi connectivity index (χ0v) is 17.5. The van der Waals surface area contributed by atoms with Gasteiger partial charge in [0.25, 0.3) is 0 Å². The second-order valence-electron chi connectivity index (χ2n) is 7.67. The van der Waals surface area contributed by atoms with Crippen molar-refractivity contribution in [2.24, 2.45) is 11.7 Å². The molecule has 0 radical (unpaired) electrons. The largest absolute Gasteiger partial charge is 0.481 e. The monoisotopic (exact) mass is 435 g/mol. The van der Waals surface area contributed by atoms with Crippen LogP contribution in [0.4, 0.5) is 0 Å². The molecule has 1 aliphatic carbocycles. The number of carboxylic acids is 1. The minimum Gasteiger partial charge on any atom is -0.481 e. The van der Waals surface area contributed by atoms with Gasteiger partial charge in [0, 0.05) is 17.0 Å². The van der Waals surface area contributed by atoms with E-state index in [0.29, 0.717) is 5.02 Å². The van der Waals surface area contributed by atoms with Crippen LogP contribution in [0.1, 0.15) is 22.6 Å². The number of benzene rings is 3. The van der Waals surface area contributed by atoms with Crippen LogP contribution in [0.15, 0.2) is 72.8 Å². The predicted molar refractivity (Wildman–Crippen MR) is 119 cm³/mol. The first-order valence-electron chi connectivity index (χ1n) is 10.0. The van der Waals surface area contributed by atoms with Crippen LogP contribution >= 0.6 is 11.6 Å². The standard InChI is InChI=1S/C25H22ClNO4/c26-16-7-5-6-15(12-16)13-22(27)23(24(28)29)25(30)31-14-21-19-10-3-1-8-17(19)18-9-2-4-11-20(18)21/h1-12,21-23H,13-14,27H2,(H,28,29)/t22?,23-/m0/s1. The Balaban J connectivity index is 1.49. The highest BCUT2D eigenvalue weighted by molar-refractivity contribution is 6.30. The number of halogens is 1. The van der Waals surface area contributed by atoms with Gasteiger partial charge in [0.05, 0.1) is 0 Å². The maximum Gasteiger partial charge on any atom is 0.321 e. The van der Waals surface area contributed by atoms with E-state index < -0.39 is 23.9 Å². The number of carboxylic acid groups (broad SMARTS) is 1. The molecule has 0 aromatic heterocycles. The topological polar surface area (TPSA) is 89.6 Å². The van der Waals surface area contributed by atoms with Gasteiger partial charge in [-0.2, -0.15) is 0 Å². The Hall–Kier alpha value is -3.15. The van der Waals surface area contributed by atoms with E-state index in [1.54, 1.807) is 24.3 Å². The summed E-state index contributed by atoms with van der Waals surface area (Å²) < 4.78 is 5.52. The lowest BCUT2D eigenvalue weighted by molar-refractivity contribution is -0.159. The maximum atomic E-state index is 12.8. The molecule has 0 amide bonds. The number of carbonyl (C=O) groups excluding carboxylic acids is 1. The van der Waals surface area contributed by atoms with Crippen LogP contribution in [0, 0.1) is 5.92 Å². The Morgan fingerprint density at radius 3 is 2.16 bits per heavy atom. The molecule has 0 saturated heterocycles. The number of aliphatic carboxylic acids is 1. The van der Waals surface area contributed by atoms with E-state index in [9.17, 15) is 14.7 Å². The Labute approximate surface area is 185 Å². The predicted octanol–water partition coefficient (Wildman–Crippen LogP) is 4.27. The summed E-state index contributed by atoms with van der Waals surface area (Å²) in [6.45, 7) is 0.0561. The quantitative estimate of drug-likeness (QED) is 0.427. The molecule has 0 bridgehead atoms. The van der Waals surface area contributed by atoms with E-state index in [1.807, 2.05) is 48.5 Å². The van der Waals surface area contributed by atoms with Crippen molar-refractivity contribution in [1.29, 1.82) is 0 Å². The number of carbonyl (C=O) groups is 2. The van der Waals surface area contributed by atoms with Gasteiger partial charge < -0.3 is 15.6 Å². The fourth-order valence-electron chi connectivity index (χ4n) is 4.21. The second-order valence-corrected chi connectivity index (χ2v) is 8.11. The SMILES string of the molecule is NC(Cc1cccc(Cl)c1)[C@@H](C(=O)O)C(=O)OCC1c2ccccc2-c2ccccc21. The van der Waals surface area contributed by atoms with Crippen molar-refractivity contribution >= 4 is 23.5 Å². The Morgan fingerprint density at radius 2 is 1.58 bits per heavy atom. The molecule has 5 nitrogen and oxygen atoms in total. The molecule has 0 heterocycles. The molecule has 1 aliphatic rings. The van der Waals surface area contributed by atoms with Gasteiger partial charge in [0.2, 0.25) is 0 Å². The number of hydrogen-bond donors (Lipinski definition) is 2. The Kier molecular flexibility index (Phi) is 6.07. The lowest BCUT2D eigenvalue weighted by atomic mass is 9.94. The second kappa shape index (κ2) is 8.92. The molecular formula is C25H22ClNO4. The molecule has 6 heteroatoms. The smallest absolute Gasteiger partial charge is 0.321 e. The summed E-state index contributed by atoms with van der Waals surface area (Å²) in [5.41, 5.74) is 11.2. The zero-order chi connectivity index (χ0) is 22.0. The van der Waals surface area contributed by atoms with Crippen molar-refractivity contribution in [3.05, 3.63) is 94.5 Å². The van der Waals surface area contributed by atoms with Crippen LogP contribution in [0.2, 0.25) is 5.02 Å². The highest BCUT2D eigenvalue weighted by Crippen LogP contribution is 2.44. The molecule has 0 fully saturated rings. The van der Waals surface area contributed by atoms with Gasteiger partial charge in [0.15, 0.2) is 5.92 Å². The number of ether oxygens (including phenoxy) is 1. The molecule has 3 aromatic rings. The number of esters is 1. The molecule has 3 aromatic carbocycles. The Morgan fingerprint density at radius 1 is 0.968 bits per heavy atom. The first-order chi connectivity index (χ1) is 15.0. The average molecular weight is 436 g/mol. The molecule has 1 unspecified atom stereocenters. The highest BCUT2D eigenvalue weighted by atomic mass is 35.5. The molecule has 158 valence electrons. The fourth-order valence-corrected chi connectivity index (χ4v) is 4.42. The number of hydrogen-bond acceptors (Lipinski definition) is 4. The summed E-state index contributed by atoms with van der Waals surface area (Å²) in [4.78, 5) is 24.6. The van der Waals surface area contributed by atoms with Gasteiger partial charge in [-0.1, -0.05) is 72.3 Å². The van der Waals surface area contributed by atoms with Crippen molar-refractivity contribution in [2.75, 3.05) is 6.61 Å². The van der Waals surface area contributed by atoms with Crippen molar-refractivity contribution in [2.45, 2.75) is 18.4 Å². The highest BCUT2D eigenvalue weighted by Gasteiger charge is 2.36.